The number of aromatic nitrogens is 1. The van der Waals surface area contributed by atoms with Crippen molar-refractivity contribution in [3.05, 3.63) is 35.2 Å². The van der Waals surface area contributed by atoms with Gasteiger partial charge in [-0.15, -0.1) is 11.3 Å². The van der Waals surface area contributed by atoms with Crippen LogP contribution in [-0.4, -0.2) is 17.1 Å². The first-order chi connectivity index (χ1) is 10.7. The third kappa shape index (κ3) is 4.06. The molecule has 0 aliphatic rings. The summed E-state index contributed by atoms with van der Waals surface area (Å²) in [5.74, 6) is 0. The van der Waals surface area contributed by atoms with Crippen LogP contribution in [0.1, 0.15) is 32.3 Å². The van der Waals surface area contributed by atoms with Gasteiger partial charge in [0.2, 0.25) is 0 Å². The quantitative estimate of drug-likeness (QED) is 0.876. The SMILES string of the molecule is CCC(CC)NC(=O)Nc1nc(-c2ccc(C#N)cc2)cs1. The Morgan fingerprint density at radius 1 is 1.32 bits per heavy atom. The molecule has 0 bridgehead atoms. The number of nitrogens with zero attached hydrogens (tertiary/aromatic N) is 2. The lowest BCUT2D eigenvalue weighted by Crippen LogP contribution is -2.37. The molecule has 6 heteroatoms. The largest absolute Gasteiger partial charge is 0.335 e. The summed E-state index contributed by atoms with van der Waals surface area (Å²) in [4.78, 5) is 16.3. The highest BCUT2D eigenvalue weighted by Crippen LogP contribution is 2.25. The third-order valence-electron chi connectivity index (χ3n) is 3.36. The van der Waals surface area contributed by atoms with Gasteiger partial charge in [-0.25, -0.2) is 9.78 Å². The second-order valence-electron chi connectivity index (χ2n) is 4.84. The minimum absolute atomic E-state index is 0.179. The maximum absolute atomic E-state index is 11.9. The summed E-state index contributed by atoms with van der Waals surface area (Å²) in [7, 11) is 0. The van der Waals surface area contributed by atoms with Crippen molar-refractivity contribution in [1.29, 1.82) is 5.26 Å². The van der Waals surface area contributed by atoms with Gasteiger partial charge in [0.1, 0.15) is 0 Å². The van der Waals surface area contributed by atoms with Crippen molar-refractivity contribution in [2.24, 2.45) is 0 Å². The number of nitriles is 1. The Morgan fingerprint density at radius 3 is 2.59 bits per heavy atom. The van der Waals surface area contributed by atoms with Gasteiger partial charge in [0.15, 0.2) is 5.13 Å². The van der Waals surface area contributed by atoms with Crippen molar-refractivity contribution >= 4 is 22.5 Å². The number of thiazole rings is 1. The molecule has 1 heterocycles. The molecule has 0 unspecified atom stereocenters. The molecule has 0 fully saturated rings. The van der Waals surface area contributed by atoms with Crippen LogP contribution in [0.4, 0.5) is 9.93 Å². The van der Waals surface area contributed by atoms with E-state index in [1.54, 1.807) is 12.1 Å². The minimum atomic E-state index is -0.227. The molecule has 114 valence electrons. The fraction of sp³-hybridized carbons (Fsp3) is 0.312. The zero-order chi connectivity index (χ0) is 15.9. The Balaban J connectivity index is 2.02. The number of hydrogen-bond donors (Lipinski definition) is 2. The molecule has 2 rings (SSSR count). The van der Waals surface area contributed by atoms with E-state index in [1.165, 1.54) is 11.3 Å². The third-order valence-corrected chi connectivity index (χ3v) is 4.11. The van der Waals surface area contributed by atoms with E-state index in [0.717, 1.165) is 24.1 Å². The van der Waals surface area contributed by atoms with Gasteiger partial charge in [-0.1, -0.05) is 26.0 Å². The molecule has 0 aliphatic heterocycles. The molecule has 0 radical (unpaired) electrons. The number of benzene rings is 1. The summed E-state index contributed by atoms with van der Waals surface area (Å²) in [6.45, 7) is 4.09. The zero-order valence-electron chi connectivity index (χ0n) is 12.6. The van der Waals surface area contributed by atoms with Gasteiger partial charge in [-0.2, -0.15) is 5.26 Å². The van der Waals surface area contributed by atoms with E-state index in [-0.39, 0.29) is 12.1 Å². The molecule has 2 aromatic rings. The normalized spacial score (nSPS) is 10.3. The molecule has 22 heavy (non-hydrogen) atoms. The van der Waals surface area contributed by atoms with Gasteiger partial charge in [0.25, 0.3) is 0 Å². The minimum Gasteiger partial charge on any atom is -0.335 e. The van der Waals surface area contributed by atoms with E-state index >= 15 is 0 Å². The lowest BCUT2D eigenvalue weighted by molar-refractivity contribution is 0.247. The predicted molar refractivity (Wildman–Crippen MR) is 88.8 cm³/mol. The Morgan fingerprint density at radius 2 is 2.00 bits per heavy atom. The highest BCUT2D eigenvalue weighted by atomic mass is 32.1. The predicted octanol–water partition coefficient (Wildman–Crippen LogP) is 3.99. The molecule has 5 nitrogen and oxygen atoms in total. The smallest absolute Gasteiger partial charge is 0.321 e. The average molecular weight is 314 g/mol. The summed E-state index contributed by atoms with van der Waals surface area (Å²) in [5, 5.41) is 16.9. The van der Waals surface area contributed by atoms with Crippen LogP contribution < -0.4 is 10.6 Å². The number of anilines is 1. The molecule has 1 aromatic heterocycles. The number of hydrogen-bond acceptors (Lipinski definition) is 4. The van der Waals surface area contributed by atoms with Crippen LogP contribution in [0.15, 0.2) is 29.6 Å². The molecule has 0 saturated carbocycles. The van der Waals surface area contributed by atoms with Crippen molar-refractivity contribution in [3.8, 4) is 17.3 Å². The first-order valence-electron chi connectivity index (χ1n) is 7.19. The summed E-state index contributed by atoms with van der Waals surface area (Å²) < 4.78 is 0. The van der Waals surface area contributed by atoms with E-state index < -0.39 is 0 Å². The van der Waals surface area contributed by atoms with Gasteiger partial charge in [-0.3, -0.25) is 5.32 Å². The number of carbonyl (C=O) groups is 1. The Hall–Kier alpha value is -2.39. The van der Waals surface area contributed by atoms with E-state index in [9.17, 15) is 4.79 Å². The number of urea groups is 1. The summed E-state index contributed by atoms with van der Waals surface area (Å²) in [5.41, 5.74) is 2.32. The van der Waals surface area contributed by atoms with Gasteiger partial charge in [0.05, 0.1) is 17.3 Å². The Bertz CT molecular complexity index is 668. The molecular formula is C16H18N4OS. The second-order valence-corrected chi connectivity index (χ2v) is 5.70. The number of rotatable bonds is 5. The van der Waals surface area contributed by atoms with Crippen LogP contribution in [0.3, 0.4) is 0 Å². The van der Waals surface area contributed by atoms with Gasteiger partial charge in [-0.05, 0) is 25.0 Å². The average Bonchev–Trinajstić information content (AvgIpc) is 3.01. The zero-order valence-corrected chi connectivity index (χ0v) is 13.4. The molecule has 0 atom stereocenters. The van der Waals surface area contributed by atoms with Crippen LogP contribution >= 0.6 is 11.3 Å². The summed E-state index contributed by atoms with van der Waals surface area (Å²) >= 11 is 1.38. The van der Waals surface area contributed by atoms with E-state index in [4.69, 9.17) is 5.26 Å². The fourth-order valence-electron chi connectivity index (χ4n) is 1.99. The lowest BCUT2D eigenvalue weighted by Gasteiger charge is -2.14. The van der Waals surface area contributed by atoms with E-state index in [1.807, 2.05) is 31.4 Å². The maximum atomic E-state index is 11.9. The summed E-state index contributed by atoms with van der Waals surface area (Å²) in [6, 6.07) is 9.24. The van der Waals surface area contributed by atoms with Crippen LogP contribution in [0.5, 0.6) is 0 Å². The topological polar surface area (TPSA) is 77.8 Å². The molecule has 0 saturated heterocycles. The first-order valence-corrected chi connectivity index (χ1v) is 8.07. The van der Waals surface area contributed by atoms with Crippen molar-refractivity contribution in [2.75, 3.05) is 5.32 Å². The Labute approximate surface area is 134 Å². The summed E-state index contributed by atoms with van der Waals surface area (Å²) in [6.07, 6.45) is 1.80. The monoisotopic (exact) mass is 314 g/mol. The van der Waals surface area contributed by atoms with Crippen LogP contribution in [0.2, 0.25) is 0 Å². The molecule has 2 N–H and O–H groups in total. The van der Waals surface area contributed by atoms with E-state index in [2.05, 4.69) is 21.7 Å². The van der Waals surface area contributed by atoms with Crippen LogP contribution in [0, 0.1) is 11.3 Å². The molecule has 2 amide bonds. The van der Waals surface area contributed by atoms with Crippen LogP contribution in [-0.2, 0) is 0 Å². The van der Waals surface area contributed by atoms with Crippen molar-refractivity contribution < 1.29 is 4.79 Å². The molecule has 0 spiro atoms. The first kappa shape index (κ1) is 16.0. The number of carbonyl (C=O) groups excluding carboxylic acids is 1. The highest BCUT2D eigenvalue weighted by Gasteiger charge is 2.11. The molecule has 0 aliphatic carbocycles. The lowest BCUT2D eigenvalue weighted by atomic mass is 10.1. The fourth-order valence-corrected chi connectivity index (χ4v) is 2.71. The molecule has 1 aromatic carbocycles. The van der Waals surface area contributed by atoms with Crippen molar-refractivity contribution in [2.45, 2.75) is 32.7 Å². The van der Waals surface area contributed by atoms with Gasteiger partial charge >= 0.3 is 6.03 Å². The second kappa shape index (κ2) is 7.57. The standard InChI is InChI=1S/C16H18N4OS/c1-3-13(4-2)18-15(21)20-16-19-14(10-22-16)12-7-5-11(9-17)6-8-12/h5-8,10,13H,3-4H2,1-2H3,(H2,18,19,20,21). The highest BCUT2D eigenvalue weighted by molar-refractivity contribution is 7.14. The van der Waals surface area contributed by atoms with E-state index in [0.29, 0.717) is 10.7 Å². The number of nitrogens with one attached hydrogen (secondary N) is 2. The van der Waals surface area contributed by atoms with Crippen LogP contribution in [0.25, 0.3) is 11.3 Å². The van der Waals surface area contributed by atoms with Gasteiger partial charge < -0.3 is 5.32 Å². The van der Waals surface area contributed by atoms with Gasteiger partial charge in [0, 0.05) is 17.0 Å². The Kier molecular flexibility index (Phi) is 5.50. The van der Waals surface area contributed by atoms with Crippen molar-refractivity contribution in [1.82, 2.24) is 10.3 Å². The van der Waals surface area contributed by atoms with Crippen molar-refractivity contribution in [3.63, 3.8) is 0 Å². The maximum Gasteiger partial charge on any atom is 0.321 e. The number of amides is 2. The molecular weight excluding hydrogens is 296 g/mol.